The van der Waals surface area contributed by atoms with Crippen molar-refractivity contribution in [3.8, 4) is 5.75 Å². The Labute approximate surface area is 163 Å². The van der Waals surface area contributed by atoms with Crippen LogP contribution in [0.1, 0.15) is 64.0 Å². The molecular weight excluding hydrogens is 348 g/mol. The minimum atomic E-state index is 0. The first-order valence-corrected chi connectivity index (χ1v) is 9.87. The van der Waals surface area contributed by atoms with E-state index in [4.69, 9.17) is 10.5 Å². The number of hydrogen-bond acceptors (Lipinski definition) is 3. The highest BCUT2D eigenvalue weighted by Gasteiger charge is 2.40. The second kappa shape index (κ2) is 9.61. The Kier molecular flexibility index (Phi) is 7.78. The van der Waals surface area contributed by atoms with E-state index >= 15 is 0 Å². The van der Waals surface area contributed by atoms with Gasteiger partial charge in [0.15, 0.2) is 0 Å². The second-order valence-corrected chi connectivity index (χ2v) is 7.84. The maximum Gasteiger partial charge on any atom is 0.223 e. The van der Waals surface area contributed by atoms with Crippen molar-refractivity contribution in [1.82, 2.24) is 5.32 Å². The lowest BCUT2D eigenvalue weighted by molar-refractivity contribution is -0.128. The van der Waals surface area contributed by atoms with Gasteiger partial charge in [0, 0.05) is 12.0 Å². The van der Waals surface area contributed by atoms with E-state index in [2.05, 4.69) is 19.2 Å². The van der Waals surface area contributed by atoms with Crippen LogP contribution in [0.15, 0.2) is 24.3 Å². The molecule has 146 valence electrons. The minimum Gasteiger partial charge on any atom is -0.494 e. The summed E-state index contributed by atoms with van der Waals surface area (Å²) >= 11 is 0. The van der Waals surface area contributed by atoms with E-state index in [1.165, 1.54) is 19.3 Å². The summed E-state index contributed by atoms with van der Waals surface area (Å²) in [5.41, 5.74) is 7.46. The number of ether oxygens (including phenoxy) is 1. The van der Waals surface area contributed by atoms with Gasteiger partial charge in [-0.2, -0.15) is 0 Å². The number of hydrogen-bond donors (Lipinski definition) is 2. The van der Waals surface area contributed by atoms with Crippen molar-refractivity contribution < 1.29 is 9.53 Å². The summed E-state index contributed by atoms with van der Waals surface area (Å²) in [4.78, 5) is 12.8. The molecule has 26 heavy (non-hydrogen) atoms. The molecule has 3 unspecified atom stereocenters. The smallest absolute Gasteiger partial charge is 0.223 e. The van der Waals surface area contributed by atoms with E-state index < -0.39 is 0 Å². The maximum absolute atomic E-state index is 12.8. The summed E-state index contributed by atoms with van der Waals surface area (Å²) in [6, 6.07) is 8.38. The summed E-state index contributed by atoms with van der Waals surface area (Å²) in [6.45, 7) is 4.88. The lowest BCUT2D eigenvalue weighted by Gasteiger charge is -2.43. The van der Waals surface area contributed by atoms with Crippen LogP contribution < -0.4 is 15.8 Å². The van der Waals surface area contributed by atoms with E-state index in [9.17, 15) is 4.79 Å². The molecular formula is C21H33ClN2O2. The summed E-state index contributed by atoms with van der Waals surface area (Å²) in [7, 11) is 0. The number of nitrogens with two attached hydrogens (primary N) is 1. The molecule has 5 heteroatoms. The molecule has 2 aliphatic carbocycles. The number of halogens is 1. The number of rotatable bonds is 6. The van der Waals surface area contributed by atoms with E-state index in [-0.39, 0.29) is 30.3 Å². The predicted octanol–water partition coefficient (Wildman–Crippen LogP) is 4.23. The van der Waals surface area contributed by atoms with Crippen molar-refractivity contribution in [3.63, 3.8) is 0 Å². The highest BCUT2D eigenvalue weighted by molar-refractivity contribution is 5.85. The highest BCUT2D eigenvalue weighted by Crippen LogP contribution is 2.42. The summed E-state index contributed by atoms with van der Waals surface area (Å²) in [5.74, 6) is 2.28. The minimum absolute atomic E-state index is 0. The summed E-state index contributed by atoms with van der Waals surface area (Å²) < 4.78 is 5.62. The monoisotopic (exact) mass is 380 g/mol. The van der Waals surface area contributed by atoms with Crippen LogP contribution in [0.4, 0.5) is 0 Å². The third-order valence-corrected chi connectivity index (χ3v) is 6.00. The lowest BCUT2D eigenvalue weighted by atomic mass is 9.65. The number of carbonyl (C=O) groups excluding carboxylic acids is 1. The largest absolute Gasteiger partial charge is 0.494 e. The Morgan fingerprint density at radius 1 is 1.23 bits per heavy atom. The third kappa shape index (κ3) is 4.92. The van der Waals surface area contributed by atoms with Gasteiger partial charge in [-0.25, -0.2) is 0 Å². The fourth-order valence-electron chi connectivity index (χ4n) is 4.49. The van der Waals surface area contributed by atoms with Crippen LogP contribution >= 0.6 is 12.4 Å². The van der Waals surface area contributed by atoms with E-state index in [0.29, 0.717) is 17.9 Å². The fourth-order valence-corrected chi connectivity index (χ4v) is 4.49. The van der Waals surface area contributed by atoms with Gasteiger partial charge >= 0.3 is 0 Å². The number of nitrogens with one attached hydrogen (secondary N) is 1. The molecule has 1 amide bonds. The Balaban J connectivity index is 0.00000243. The second-order valence-electron chi connectivity index (χ2n) is 7.84. The predicted molar refractivity (Wildman–Crippen MR) is 108 cm³/mol. The molecule has 2 aliphatic rings. The standard InChI is InChI=1S/C21H32N2O2.ClH/c1-3-11-25-19-9-7-15(8-10-19)14(2)23-21(24)18-12-16-5-4-6-17(13-18)20(16)22;/h7-10,14,16-18,20H,3-6,11-13,22H2,1-2H3,(H,23,24);1H. The molecule has 3 rings (SSSR count). The Hall–Kier alpha value is -1.26. The summed E-state index contributed by atoms with van der Waals surface area (Å²) in [6.07, 6.45) is 6.58. The van der Waals surface area contributed by atoms with Gasteiger partial charge in [-0.05, 0) is 68.6 Å². The molecule has 3 atom stereocenters. The zero-order chi connectivity index (χ0) is 17.8. The quantitative estimate of drug-likeness (QED) is 0.776. The Morgan fingerprint density at radius 2 is 1.85 bits per heavy atom. The third-order valence-electron chi connectivity index (χ3n) is 6.00. The van der Waals surface area contributed by atoms with Crippen LogP contribution in [0.5, 0.6) is 5.75 Å². The van der Waals surface area contributed by atoms with E-state index in [0.717, 1.165) is 37.2 Å². The molecule has 0 spiro atoms. The van der Waals surface area contributed by atoms with Crippen LogP contribution in [0.3, 0.4) is 0 Å². The molecule has 0 aliphatic heterocycles. The molecule has 0 saturated heterocycles. The first-order valence-electron chi connectivity index (χ1n) is 9.87. The molecule has 4 nitrogen and oxygen atoms in total. The first kappa shape index (κ1) is 21.0. The molecule has 1 aromatic carbocycles. The molecule has 0 heterocycles. The highest BCUT2D eigenvalue weighted by atomic mass is 35.5. The van der Waals surface area contributed by atoms with Crippen LogP contribution in [-0.2, 0) is 4.79 Å². The number of amides is 1. The van der Waals surface area contributed by atoms with Crippen LogP contribution in [-0.4, -0.2) is 18.6 Å². The van der Waals surface area contributed by atoms with Gasteiger partial charge in [-0.3, -0.25) is 4.79 Å². The van der Waals surface area contributed by atoms with Crippen LogP contribution in [0.25, 0.3) is 0 Å². The van der Waals surface area contributed by atoms with E-state index in [1.807, 2.05) is 24.3 Å². The van der Waals surface area contributed by atoms with Crippen molar-refractivity contribution in [1.29, 1.82) is 0 Å². The van der Waals surface area contributed by atoms with Gasteiger partial charge < -0.3 is 15.8 Å². The van der Waals surface area contributed by atoms with Gasteiger partial charge in [0.05, 0.1) is 12.6 Å². The molecule has 1 aromatic rings. The zero-order valence-electron chi connectivity index (χ0n) is 15.9. The van der Waals surface area contributed by atoms with Crippen molar-refractivity contribution in [2.24, 2.45) is 23.5 Å². The summed E-state index contributed by atoms with van der Waals surface area (Å²) in [5, 5.41) is 3.21. The first-order chi connectivity index (χ1) is 12.1. The average molecular weight is 381 g/mol. The molecule has 2 bridgehead atoms. The van der Waals surface area contributed by atoms with Crippen LogP contribution in [0, 0.1) is 17.8 Å². The average Bonchev–Trinajstić information content (AvgIpc) is 2.60. The van der Waals surface area contributed by atoms with E-state index in [1.54, 1.807) is 0 Å². The molecule has 0 radical (unpaired) electrons. The zero-order valence-corrected chi connectivity index (χ0v) is 16.8. The lowest BCUT2D eigenvalue weighted by Crippen LogP contribution is -2.49. The van der Waals surface area contributed by atoms with Gasteiger partial charge in [-0.1, -0.05) is 25.5 Å². The van der Waals surface area contributed by atoms with Gasteiger partial charge in [0.1, 0.15) is 5.75 Å². The van der Waals surface area contributed by atoms with Gasteiger partial charge in [-0.15, -0.1) is 12.4 Å². The fraction of sp³-hybridized carbons (Fsp3) is 0.667. The molecule has 3 N–H and O–H groups in total. The molecule has 0 aromatic heterocycles. The number of fused-ring (bicyclic) bond motifs is 2. The normalized spacial score (nSPS) is 28.6. The molecule has 2 fully saturated rings. The number of carbonyl (C=O) groups is 1. The maximum atomic E-state index is 12.8. The Morgan fingerprint density at radius 3 is 2.42 bits per heavy atom. The molecule has 2 saturated carbocycles. The number of benzene rings is 1. The van der Waals surface area contributed by atoms with Crippen molar-refractivity contribution in [3.05, 3.63) is 29.8 Å². The van der Waals surface area contributed by atoms with Crippen molar-refractivity contribution in [2.75, 3.05) is 6.61 Å². The van der Waals surface area contributed by atoms with Crippen LogP contribution in [0.2, 0.25) is 0 Å². The van der Waals surface area contributed by atoms with Gasteiger partial charge in [0.25, 0.3) is 0 Å². The SMILES string of the molecule is CCCOc1ccc(C(C)NC(=O)C2CC3CCCC(C2)C3N)cc1.Cl. The Bertz CT molecular complexity index is 564. The topological polar surface area (TPSA) is 64.3 Å². The van der Waals surface area contributed by atoms with Crippen molar-refractivity contribution in [2.45, 2.75) is 64.5 Å². The van der Waals surface area contributed by atoms with Gasteiger partial charge in [0.2, 0.25) is 5.91 Å². The van der Waals surface area contributed by atoms with Crippen molar-refractivity contribution >= 4 is 18.3 Å².